The normalized spacial score (nSPS) is 20.9. The first-order chi connectivity index (χ1) is 18.3. The van der Waals surface area contributed by atoms with Crippen molar-refractivity contribution in [2.24, 2.45) is 5.92 Å². The molecule has 3 amide bonds. The van der Waals surface area contributed by atoms with Gasteiger partial charge in [0.1, 0.15) is 12.4 Å². The smallest absolute Gasteiger partial charge is 0.317 e. The molecule has 0 saturated heterocycles. The number of carbonyl (C=O) groups excluding carboxylic acids is 2. The number of sulfonamides is 1. The fraction of sp³-hybridized carbons (Fsp3) is 0.481. The van der Waals surface area contributed by atoms with Crippen LogP contribution in [0.25, 0.3) is 0 Å². The summed E-state index contributed by atoms with van der Waals surface area (Å²) >= 11 is 5.89. The summed E-state index contributed by atoms with van der Waals surface area (Å²) in [7, 11) is -0.664. The number of hydrogen-bond acceptors (Lipinski definition) is 6. The van der Waals surface area contributed by atoms with Crippen LogP contribution in [0.2, 0.25) is 5.02 Å². The van der Waals surface area contributed by atoms with E-state index in [2.05, 4.69) is 10.0 Å². The maximum Gasteiger partial charge on any atom is 0.317 e. The SMILES string of the molecule is CO[C@@H]1CN(C)C(=O)c2ccc(NS(=O)(=O)c3ccc(Cl)cc3)cc2OC[C@@H](C)N(C(=O)NC(C)C)C[C@@H]1C. The number of anilines is 1. The molecule has 0 spiro atoms. The Bertz CT molecular complexity index is 1270. The fourth-order valence-electron chi connectivity index (χ4n) is 4.28. The number of likely N-dealkylation sites (N-methyl/N-ethyl adjacent to an activating group) is 1. The first-order valence-electron chi connectivity index (χ1n) is 12.7. The lowest BCUT2D eigenvalue weighted by atomic mass is 10.0. The zero-order valence-electron chi connectivity index (χ0n) is 23.1. The summed E-state index contributed by atoms with van der Waals surface area (Å²) in [5.41, 5.74) is 0.483. The minimum absolute atomic E-state index is 0.0385. The molecule has 0 saturated carbocycles. The molecule has 2 aromatic rings. The highest BCUT2D eigenvalue weighted by Crippen LogP contribution is 2.28. The van der Waals surface area contributed by atoms with Gasteiger partial charge in [-0.25, -0.2) is 13.2 Å². The highest BCUT2D eigenvalue weighted by Gasteiger charge is 2.30. The number of carbonyl (C=O) groups is 2. The number of nitrogens with zero attached hydrogens (tertiary/aromatic N) is 2. The molecule has 1 aliphatic heterocycles. The molecule has 1 aliphatic rings. The number of fused-ring (bicyclic) bond motifs is 1. The maximum atomic E-state index is 13.4. The van der Waals surface area contributed by atoms with Crippen molar-refractivity contribution in [3.8, 4) is 5.75 Å². The molecule has 0 aromatic heterocycles. The lowest BCUT2D eigenvalue weighted by Crippen LogP contribution is -2.52. The van der Waals surface area contributed by atoms with E-state index in [0.717, 1.165) is 0 Å². The molecule has 39 heavy (non-hydrogen) atoms. The van der Waals surface area contributed by atoms with Crippen LogP contribution in [-0.4, -0.2) is 82.2 Å². The Morgan fingerprint density at radius 2 is 1.79 bits per heavy atom. The van der Waals surface area contributed by atoms with Crippen molar-refractivity contribution in [2.75, 3.05) is 38.6 Å². The van der Waals surface area contributed by atoms with Crippen LogP contribution in [0.1, 0.15) is 38.1 Å². The van der Waals surface area contributed by atoms with Gasteiger partial charge in [0.15, 0.2) is 0 Å². The van der Waals surface area contributed by atoms with Crippen molar-refractivity contribution in [1.82, 2.24) is 15.1 Å². The van der Waals surface area contributed by atoms with Crippen LogP contribution in [0, 0.1) is 5.92 Å². The summed E-state index contributed by atoms with van der Waals surface area (Å²) in [5, 5.41) is 3.36. The molecule has 3 rings (SSSR count). The highest BCUT2D eigenvalue weighted by atomic mass is 35.5. The van der Waals surface area contributed by atoms with Gasteiger partial charge in [0, 0.05) is 50.3 Å². The van der Waals surface area contributed by atoms with E-state index >= 15 is 0 Å². The Labute approximate surface area is 235 Å². The van der Waals surface area contributed by atoms with Gasteiger partial charge in [-0.1, -0.05) is 18.5 Å². The number of urea groups is 1. The van der Waals surface area contributed by atoms with E-state index in [0.29, 0.717) is 11.6 Å². The van der Waals surface area contributed by atoms with Gasteiger partial charge in [-0.3, -0.25) is 9.52 Å². The first kappa shape index (κ1) is 30.5. The topological polar surface area (TPSA) is 117 Å². The van der Waals surface area contributed by atoms with Gasteiger partial charge in [-0.05, 0) is 57.2 Å². The van der Waals surface area contributed by atoms with Crippen LogP contribution < -0.4 is 14.8 Å². The Morgan fingerprint density at radius 1 is 1.13 bits per heavy atom. The zero-order chi connectivity index (χ0) is 28.9. The summed E-state index contributed by atoms with van der Waals surface area (Å²) < 4.78 is 40.2. The molecule has 2 aromatic carbocycles. The number of nitrogens with one attached hydrogen (secondary N) is 2. The third kappa shape index (κ3) is 7.77. The van der Waals surface area contributed by atoms with Crippen LogP contribution in [0.15, 0.2) is 47.4 Å². The summed E-state index contributed by atoms with van der Waals surface area (Å²) in [6, 6.07) is 9.65. The van der Waals surface area contributed by atoms with E-state index in [1.165, 1.54) is 47.4 Å². The second-order valence-corrected chi connectivity index (χ2v) is 12.2. The monoisotopic (exact) mass is 580 g/mol. The van der Waals surface area contributed by atoms with Gasteiger partial charge in [0.25, 0.3) is 15.9 Å². The molecule has 0 radical (unpaired) electrons. The van der Waals surface area contributed by atoms with Gasteiger partial charge < -0.3 is 24.6 Å². The number of rotatable bonds is 5. The Kier molecular flexibility index (Phi) is 10.1. The van der Waals surface area contributed by atoms with Crippen molar-refractivity contribution < 1.29 is 27.5 Å². The number of amides is 3. The molecule has 10 nitrogen and oxygen atoms in total. The number of methoxy groups -OCH3 is 1. The Morgan fingerprint density at radius 3 is 2.41 bits per heavy atom. The molecular weight excluding hydrogens is 544 g/mol. The first-order valence-corrected chi connectivity index (χ1v) is 14.6. The molecular formula is C27H37ClN4O6S. The number of ether oxygens (including phenoxy) is 2. The molecule has 1 heterocycles. The average Bonchev–Trinajstić information content (AvgIpc) is 2.87. The summed E-state index contributed by atoms with van der Waals surface area (Å²) in [6.07, 6.45) is -0.324. The highest BCUT2D eigenvalue weighted by molar-refractivity contribution is 7.92. The van der Waals surface area contributed by atoms with Crippen molar-refractivity contribution >= 4 is 39.2 Å². The van der Waals surface area contributed by atoms with E-state index in [-0.39, 0.29) is 71.1 Å². The lowest BCUT2D eigenvalue weighted by Gasteiger charge is -2.36. The second kappa shape index (κ2) is 12.9. The molecule has 214 valence electrons. The van der Waals surface area contributed by atoms with E-state index in [1.807, 2.05) is 27.7 Å². The van der Waals surface area contributed by atoms with Crippen molar-refractivity contribution in [3.63, 3.8) is 0 Å². The van der Waals surface area contributed by atoms with E-state index in [4.69, 9.17) is 21.1 Å². The van der Waals surface area contributed by atoms with Crippen LogP contribution in [-0.2, 0) is 14.8 Å². The largest absolute Gasteiger partial charge is 0.491 e. The number of benzene rings is 2. The Balaban J connectivity index is 1.97. The lowest BCUT2D eigenvalue weighted by molar-refractivity contribution is 0.0165. The van der Waals surface area contributed by atoms with E-state index in [9.17, 15) is 18.0 Å². The fourth-order valence-corrected chi connectivity index (χ4v) is 5.45. The van der Waals surface area contributed by atoms with Crippen molar-refractivity contribution in [1.29, 1.82) is 0 Å². The van der Waals surface area contributed by atoms with Crippen molar-refractivity contribution in [2.45, 2.75) is 50.8 Å². The number of hydrogen-bond donors (Lipinski definition) is 2. The molecule has 0 aliphatic carbocycles. The summed E-state index contributed by atoms with van der Waals surface area (Å²) in [4.78, 5) is 29.8. The Hall–Kier alpha value is -3.02. The van der Waals surface area contributed by atoms with Gasteiger partial charge in [0.2, 0.25) is 0 Å². The van der Waals surface area contributed by atoms with Crippen LogP contribution in [0.5, 0.6) is 5.75 Å². The van der Waals surface area contributed by atoms with E-state index < -0.39 is 10.0 Å². The van der Waals surface area contributed by atoms with Gasteiger partial charge in [-0.15, -0.1) is 0 Å². The van der Waals surface area contributed by atoms with Gasteiger partial charge in [-0.2, -0.15) is 0 Å². The molecule has 0 fully saturated rings. The van der Waals surface area contributed by atoms with Crippen LogP contribution in [0.3, 0.4) is 0 Å². The van der Waals surface area contributed by atoms with Crippen molar-refractivity contribution in [3.05, 3.63) is 53.1 Å². The van der Waals surface area contributed by atoms with Crippen LogP contribution >= 0.6 is 11.6 Å². The third-order valence-corrected chi connectivity index (χ3v) is 8.15. The zero-order valence-corrected chi connectivity index (χ0v) is 24.7. The third-order valence-electron chi connectivity index (χ3n) is 6.50. The molecule has 0 bridgehead atoms. The second-order valence-electron chi connectivity index (χ2n) is 10.1. The minimum Gasteiger partial charge on any atom is -0.491 e. The minimum atomic E-state index is -3.92. The molecule has 12 heteroatoms. The summed E-state index contributed by atoms with van der Waals surface area (Å²) in [6.45, 7) is 8.37. The van der Waals surface area contributed by atoms with Gasteiger partial charge in [0.05, 0.1) is 28.3 Å². The van der Waals surface area contributed by atoms with Crippen LogP contribution in [0.4, 0.5) is 10.5 Å². The molecule has 0 unspecified atom stereocenters. The van der Waals surface area contributed by atoms with Gasteiger partial charge >= 0.3 is 6.03 Å². The van der Waals surface area contributed by atoms with E-state index in [1.54, 1.807) is 19.1 Å². The predicted octanol–water partition coefficient (Wildman–Crippen LogP) is 4.06. The quantitative estimate of drug-likeness (QED) is 0.551. The standard InChI is InChI=1S/C27H37ClN4O6S/c1-17(2)29-27(34)32-14-18(3)25(37-6)15-31(5)26(33)23-12-9-21(13-24(23)38-16-19(32)4)30-39(35,36)22-10-7-20(28)8-11-22/h7-13,17-19,25,30H,14-16H2,1-6H3,(H,29,34)/t18-,19+,25+/m0/s1. The average molecular weight is 581 g/mol. The predicted molar refractivity (Wildman–Crippen MR) is 151 cm³/mol. The molecule has 2 N–H and O–H groups in total. The maximum absolute atomic E-state index is 13.4. The number of halogens is 1. The summed E-state index contributed by atoms with van der Waals surface area (Å²) in [5.74, 6) is -0.176. The molecule has 3 atom stereocenters.